The second-order valence-electron chi connectivity index (χ2n) is 5.92. The van der Waals surface area contributed by atoms with Crippen molar-refractivity contribution in [2.75, 3.05) is 13.1 Å². The molecule has 0 saturated heterocycles. The summed E-state index contributed by atoms with van der Waals surface area (Å²) < 4.78 is 0. The number of rotatable bonds is 9. The smallest absolute Gasteiger partial charge is 0.0789 e. The molecule has 0 bridgehead atoms. The number of hydrogen-bond donors (Lipinski definition) is 3. The van der Waals surface area contributed by atoms with Crippen LogP contribution >= 0.6 is 0 Å². The maximum absolute atomic E-state index is 10.0. The first-order valence-corrected chi connectivity index (χ1v) is 7.68. The van der Waals surface area contributed by atoms with E-state index in [1.54, 1.807) is 0 Å². The van der Waals surface area contributed by atoms with Crippen LogP contribution in [0, 0.1) is 6.92 Å². The molecule has 1 aromatic carbocycles. The molecule has 0 aliphatic carbocycles. The molecule has 0 saturated carbocycles. The van der Waals surface area contributed by atoms with Crippen molar-refractivity contribution in [3.8, 4) is 0 Å². The molecule has 0 heterocycles. The Bertz CT molecular complexity index is 388. The number of benzene rings is 1. The topological polar surface area (TPSA) is 44.3 Å². The Morgan fingerprint density at radius 3 is 2.50 bits per heavy atom. The number of hydrogen-bond acceptors (Lipinski definition) is 3. The lowest BCUT2D eigenvalue weighted by Gasteiger charge is -2.29. The minimum atomic E-state index is -0.350. The van der Waals surface area contributed by atoms with Crippen LogP contribution in [-0.4, -0.2) is 29.8 Å². The van der Waals surface area contributed by atoms with Crippen molar-refractivity contribution in [2.24, 2.45) is 0 Å². The molecular formula is C17H30N2O. The lowest BCUT2D eigenvalue weighted by Crippen LogP contribution is -2.46. The fourth-order valence-corrected chi connectivity index (χ4v) is 2.14. The second-order valence-corrected chi connectivity index (χ2v) is 5.92. The highest BCUT2D eigenvalue weighted by Gasteiger charge is 2.19. The lowest BCUT2D eigenvalue weighted by molar-refractivity contribution is 0.151. The van der Waals surface area contributed by atoms with E-state index >= 15 is 0 Å². The van der Waals surface area contributed by atoms with E-state index in [0.717, 1.165) is 19.4 Å². The minimum Gasteiger partial charge on any atom is -0.390 e. The van der Waals surface area contributed by atoms with Crippen LogP contribution < -0.4 is 10.6 Å². The van der Waals surface area contributed by atoms with Crippen molar-refractivity contribution < 1.29 is 5.11 Å². The van der Waals surface area contributed by atoms with Gasteiger partial charge in [-0.15, -0.1) is 0 Å². The third kappa shape index (κ3) is 6.04. The van der Waals surface area contributed by atoms with Gasteiger partial charge in [0.05, 0.1) is 6.10 Å². The molecule has 0 spiro atoms. The van der Waals surface area contributed by atoms with Crippen LogP contribution in [0.25, 0.3) is 0 Å². The summed E-state index contributed by atoms with van der Waals surface area (Å²) in [4.78, 5) is 0. The predicted octanol–water partition coefficient (Wildman–Crippen LogP) is 2.61. The molecule has 114 valence electrons. The maximum Gasteiger partial charge on any atom is 0.0789 e. The van der Waals surface area contributed by atoms with Crippen LogP contribution in [0.5, 0.6) is 0 Å². The Labute approximate surface area is 123 Å². The maximum atomic E-state index is 10.0. The molecule has 1 rings (SSSR count). The number of aliphatic hydroxyl groups is 1. The van der Waals surface area contributed by atoms with Crippen molar-refractivity contribution in [1.82, 2.24) is 10.6 Å². The van der Waals surface area contributed by atoms with E-state index in [9.17, 15) is 5.11 Å². The number of β-amino-alcohol motifs (C(OH)–C–C–N with tert-alkyl or cyclic N) is 1. The summed E-state index contributed by atoms with van der Waals surface area (Å²) in [6.07, 6.45) is 1.80. The van der Waals surface area contributed by atoms with Crippen LogP contribution in [-0.2, 0) is 6.54 Å². The fraction of sp³-hybridized carbons (Fsp3) is 0.647. The van der Waals surface area contributed by atoms with Crippen molar-refractivity contribution in [2.45, 2.75) is 58.7 Å². The highest BCUT2D eigenvalue weighted by molar-refractivity contribution is 5.21. The Morgan fingerprint density at radius 1 is 1.20 bits per heavy atom. The van der Waals surface area contributed by atoms with Gasteiger partial charge in [0.25, 0.3) is 0 Å². The summed E-state index contributed by atoms with van der Waals surface area (Å²) in [6, 6.07) is 8.44. The number of nitrogens with one attached hydrogen (secondary N) is 2. The largest absolute Gasteiger partial charge is 0.390 e. The molecule has 0 amide bonds. The van der Waals surface area contributed by atoms with Crippen molar-refractivity contribution in [1.29, 1.82) is 0 Å². The number of aryl methyl sites for hydroxylation is 1. The average Bonchev–Trinajstić information content (AvgIpc) is 2.45. The van der Waals surface area contributed by atoms with Crippen molar-refractivity contribution in [3.05, 3.63) is 35.4 Å². The first kappa shape index (κ1) is 17.2. The SMILES string of the molecule is CCC(C)(CC)NCC(O)CNCc1cccc(C)c1. The highest BCUT2D eigenvalue weighted by atomic mass is 16.3. The first-order chi connectivity index (χ1) is 9.49. The molecule has 1 unspecified atom stereocenters. The summed E-state index contributed by atoms with van der Waals surface area (Å²) in [5.41, 5.74) is 2.67. The molecule has 3 heteroatoms. The molecule has 3 nitrogen and oxygen atoms in total. The lowest BCUT2D eigenvalue weighted by atomic mass is 9.95. The molecule has 1 atom stereocenters. The van der Waals surface area contributed by atoms with Crippen molar-refractivity contribution >= 4 is 0 Å². The van der Waals surface area contributed by atoms with Crippen LogP contribution in [0.1, 0.15) is 44.7 Å². The average molecular weight is 278 g/mol. The quantitative estimate of drug-likeness (QED) is 0.650. The molecule has 0 fully saturated rings. The van der Waals surface area contributed by atoms with Gasteiger partial charge in [-0.3, -0.25) is 0 Å². The summed E-state index contributed by atoms with van der Waals surface area (Å²) in [5.74, 6) is 0. The Balaban J connectivity index is 2.25. The molecule has 0 aliphatic heterocycles. The third-order valence-corrected chi connectivity index (χ3v) is 4.12. The van der Waals surface area contributed by atoms with E-state index in [0.29, 0.717) is 13.1 Å². The van der Waals surface area contributed by atoms with E-state index in [-0.39, 0.29) is 11.6 Å². The summed E-state index contributed by atoms with van der Waals surface area (Å²) in [5, 5.41) is 16.8. The second kappa shape index (κ2) is 8.40. The van der Waals surface area contributed by atoms with E-state index < -0.39 is 0 Å². The van der Waals surface area contributed by atoms with Gasteiger partial charge in [-0.1, -0.05) is 43.7 Å². The monoisotopic (exact) mass is 278 g/mol. The summed E-state index contributed by atoms with van der Waals surface area (Å²) >= 11 is 0. The van der Waals surface area contributed by atoms with Crippen LogP contribution in [0.4, 0.5) is 0 Å². The zero-order valence-electron chi connectivity index (χ0n) is 13.4. The van der Waals surface area contributed by atoms with E-state index in [1.165, 1.54) is 11.1 Å². The highest BCUT2D eigenvalue weighted by Crippen LogP contribution is 2.13. The van der Waals surface area contributed by atoms with Gasteiger partial charge < -0.3 is 15.7 Å². The Morgan fingerprint density at radius 2 is 1.90 bits per heavy atom. The van der Waals surface area contributed by atoms with Crippen molar-refractivity contribution in [3.63, 3.8) is 0 Å². The minimum absolute atomic E-state index is 0.136. The van der Waals surface area contributed by atoms with E-state index in [1.807, 2.05) is 0 Å². The van der Waals surface area contributed by atoms with Gasteiger partial charge >= 0.3 is 0 Å². The molecule has 1 aromatic rings. The fourth-order valence-electron chi connectivity index (χ4n) is 2.14. The number of aliphatic hydroxyl groups excluding tert-OH is 1. The molecule has 0 radical (unpaired) electrons. The standard InChI is InChI=1S/C17H30N2O/c1-5-17(4,6-2)19-13-16(20)12-18-11-15-9-7-8-14(3)10-15/h7-10,16,18-20H,5-6,11-13H2,1-4H3. The van der Waals surface area contributed by atoms with Gasteiger partial charge in [-0.25, -0.2) is 0 Å². The van der Waals surface area contributed by atoms with Gasteiger partial charge in [0.15, 0.2) is 0 Å². The van der Waals surface area contributed by atoms with Crippen LogP contribution in [0.2, 0.25) is 0 Å². The summed E-state index contributed by atoms with van der Waals surface area (Å²) in [6.45, 7) is 10.7. The zero-order chi connectivity index (χ0) is 15.0. The third-order valence-electron chi connectivity index (χ3n) is 4.12. The van der Waals surface area contributed by atoms with Gasteiger partial charge in [0.2, 0.25) is 0 Å². The summed E-state index contributed by atoms with van der Waals surface area (Å²) in [7, 11) is 0. The molecule has 0 aromatic heterocycles. The van der Waals surface area contributed by atoms with Crippen LogP contribution in [0.15, 0.2) is 24.3 Å². The van der Waals surface area contributed by atoms with Crippen LogP contribution in [0.3, 0.4) is 0 Å². The Hall–Kier alpha value is -0.900. The van der Waals surface area contributed by atoms with E-state index in [2.05, 4.69) is 62.6 Å². The normalized spacial score (nSPS) is 13.4. The molecular weight excluding hydrogens is 248 g/mol. The Kier molecular flexibility index (Phi) is 7.20. The molecule has 0 aliphatic rings. The van der Waals surface area contributed by atoms with Gasteiger partial charge in [0.1, 0.15) is 0 Å². The van der Waals surface area contributed by atoms with Gasteiger partial charge in [-0.05, 0) is 32.3 Å². The molecule has 20 heavy (non-hydrogen) atoms. The van der Waals surface area contributed by atoms with Gasteiger partial charge in [-0.2, -0.15) is 0 Å². The van der Waals surface area contributed by atoms with Gasteiger partial charge in [0, 0.05) is 25.2 Å². The molecule has 3 N–H and O–H groups in total. The first-order valence-electron chi connectivity index (χ1n) is 7.68. The predicted molar refractivity (Wildman–Crippen MR) is 85.9 cm³/mol. The zero-order valence-corrected chi connectivity index (χ0v) is 13.4. The van der Waals surface area contributed by atoms with E-state index in [4.69, 9.17) is 0 Å².